The van der Waals surface area contributed by atoms with E-state index in [9.17, 15) is 0 Å². The third-order valence-corrected chi connectivity index (χ3v) is 4.35. The molecule has 2 aromatic rings. The molecule has 3 nitrogen and oxygen atoms in total. The summed E-state index contributed by atoms with van der Waals surface area (Å²) in [6.45, 7) is 3.97. The summed E-state index contributed by atoms with van der Waals surface area (Å²) in [6.07, 6.45) is 6.15. The van der Waals surface area contributed by atoms with Crippen molar-refractivity contribution < 1.29 is 4.74 Å². The first-order valence-electron chi connectivity index (χ1n) is 6.67. The lowest BCUT2D eigenvalue weighted by Crippen LogP contribution is -2.28. The van der Waals surface area contributed by atoms with Crippen LogP contribution >= 0.6 is 11.3 Å². The van der Waals surface area contributed by atoms with Gasteiger partial charge in [0.1, 0.15) is 12.4 Å². The van der Waals surface area contributed by atoms with Gasteiger partial charge in [-0.1, -0.05) is 0 Å². The molecule has 0 radical (unpaired) electrons. The average Bonchev–Trinajstić information content (AvgIpc) is 3.08. The van der Waals surface area contributed by atoms with Gasteiger partial charge in [-0.05, 0) is 54.3 Å². The van der Waals surface area contributed by atoms with Gasteiger partial charge < -0.3 is 10.1 Å². The second-order valence-electron chi connectivity index (χ2n) is 4.98. The molecule has 0 spiro atoms. The topological polar surface area (TPSA) is 34.1 Å². The average molecular weight is 274 g/mol. The van der Waals surface area contributed by atoms with Crippen LogP contribution in [0.4, 0.5) is 0 Å². The number of nitrogens with one attached hydrogen (secondary N) is 1. The Labute approximate surface area is 117 Å². The Morgan fingerprint density at radius 2 is 2.37 bits per heavy atom. The molecule has 0 aromatic carbocycles. The molecular weight excluding hydrogens is 256 g/mol. The number of thiophene rings is 1. The largest absolute Gasteiger partial charge is 0.490 e. The van der Waals surface area contributed by atoms with Gasteiger partial charge in [-0.3, -0.25) is 4.98 Å². The maximum atomic E-state index is 5.85. The smallest absolute Gasteiger partial charge is 0.138 e. The lowest BCUT2D eigenvalue weighted by Gasteiger charge is -2.12. The van der Waals surface area contributed by atoms with Crippen LogP contribution in [-0.2, 0) is 0 Å². The van der Waals surface area contributed by atoms with Gasteiger partial charge in [-0.25, -0.2) is 0 Å². The monoisotopic (exact) mass is 274 g/mol. The minimum Gasteiger partial charge on any atom is -0.490 e. The van der Waals surface area contributed by atoms with E-state index in [1.54, 1.807) is 17.5 Å². The molecule has 3 heterocycles. The molecule has 1 saturated heterocycles. The fourth-order valence-electron chi connectivity index (χ4n) is 2.40. The van der Waals surface area contributed by atoms with Gasteiger partial charge in [0.2, 0.25) is 0 Å². The van der Waals surface area contributed by atoms with Crippen LogP contribution in [-0.4, -0.2) is 24.2 Å². The molecule has 0 amide bonds. The van der Waals surface area contributed by atoms with Crippen LogP contribution in [0.2, 0.25) is 0 Å². The number of ether oxygens (including phenoxy) is 1. The van der Waals surface area contributed by atoms with Gasteiger partial charge in [0.25, 0.3) is 0 Å². The minimum absolute atomic E-state index is 0.492. The lowest BCUT2D eigenvalue weighted by molar-refractivity contribution is 0.276. The summed E-state index contributed by atoms with van der Waals surface area (Å²) in [5, 5.41) is 7.75. The molecule has 1 N–H and O–H groups in total. The number of nitrogens with zero attached hydrogens (tertiary/aromatic N) is 1. The molecule has 19 heavy (non-hydrogen) atoms. The maximum Gasteiger partial charge on any atom is 0.138 e. The first-order chi connectivity index (χ1) is 9.33. The van der Waals surface area contributed by atoms with Gasteiger partial charge in [-0.2, -0.15) is 11.3 Å². The number of hydrogen-bond donors (Lipinski definition) is 1. The lowest BCUT2D eigenvalue weighted by atomic mass is 10.1. The third kappa shape index (κ3) is 2.96. The zero-order valence-electron chi connectivity index (χ0n) is 11.1. The van der Waals surface area contributed by atoms with Gasteiger partial charge in [0.05, 0.1) is 6.20 Å². The molecular formula is C15H18N2OS. The molecule has 100 valence electrons. The fraction of sp³-hybridized carbons (Fsp3) is 0.400. The van der Waals surface area contributed by atoms with E-state index in [-0.39, 0.29) is 0 Å². The Hall–Kier alpha value is -1.39. The molecule has 0 bridgehead atoms. The Balaban J connectivity index is 1.71. The first-order valence-corrected chi connectivity index (χ1v) is 7.61. The van der Waals surface area contributed by atoms with E-state index in [1.165, 1.54) is 24.0 Å². The van der Waals surface area contributed by atoms with Crippen LogP contribution in [0.1, 0.15) is 18.4 Å². The highest BCUT2D eigenvalue weighted by Gasteiger charge is 2.14. The number of pyridine rings is 1. The number of rotatable bonds is 4. The summed E-state index contributed by atoms with van der Waals surface area (Å²) in [6, 6.07) is 2.57. The molecule has 3 rings (SSSR count). The third-order valence-electron chi connectivity index (χ3n) is 3.49. The Bertz CT molecular complexity index is 547. The molecule has 1 aliphatic heterocycles. The SMILES string of the molecule is Cc1cscc1-c1cncc(OCC2CCCN2)c1. The van der Waals surface area contributed by atoms with Crippen LogP contribution < -0.4 is 10.1 Å². The number of hydrogen-bond acceptors (Lipinski definition) is 4. The first kappa shape index (κ1) is 12.6. The van der Waals surface area contributed by atoms with Crippen molar-refractivity contribution in [3.05, 3.63) is 34.8 Å². The summed E-state index contributed by atoms with van der Waals surface area (Å²) in [4.78, 5) is 4.29. The van der Waals surface area contributed by atoms with Crippen molar-refractivity contribution in [3.8, 4) is 16.9 Å². The maximum absolute atomic E-state index is 5.85. The van der Waals surface area contributed by atoms with Crippen LogP contribution in [0.15, 0.2) is 29.2 Å². The van der Waals surface area contributed by atoms with Crippen LogP contribution in [0.25, 0.3) is 11.1 Å². The molecule has 4 heteroatoms. The highest BCUT2D eigenvalue weighted by molar-refractivity contribution is 7.08. The highest BCUT2D eigenvalue weighted by atomic mass is 32.1. The van der Waals surface area contributed by atoms with E-state index in [2.05, 4.69) is 34.1 Å². The second kappa shape index (κ2) is 5.72. The zero-order chi connectivity index (χ0) is 13.1. The van der Waals surface area contributed by atoms with Gasteiger partial charge in [0.15, 0.2) is 0 Å². The summed E-state index contributed by atoms with van der Waals surface area (Å²) in [5.74, 6) is 0.858. The van der Waals surface area contributed by atoms with Crippen molar-refractivity contribution in [3.63, 3.8) is 0 Å². The van der Waals surface area contributed by atoms with Crippen molar-refractivity contribution in [2.45, 2.75) is 25.8 Å². The van der Waals surface area contributed by atoms with Gasteiger partial charge in [0, 0.05) is 17.8 Å². The van der Waals surface area contributed by atoms with Crippen molar-refractivity contribution in [2.24, 2.45) is 0 Å². The quantitative estimate of drug-likeness (QED) is 0.929. The molecule has 1 fully saturated rings. The van der Waals surface area contributed by atoms with Crippen molar-refractivity contribution in [1.29, 1.82) is 0 Å². The fourth-order valence-corrected chi connectivity index (χ4v) is 3.25. The van der Waals surface area contributed by atoms with E-state index < -0.39 is 0 Å². The summed E-state index contributed by atoms with van der Waals surface area (Å²) >= 11 is 1.72. The number of aryl methyl sites for hydroxylation is 1. The van der Waals surface area contributed by atoms with Crippen molar-refractivity contribution >= 4 is 11.3 Å². The zero-order valence-corrected chi connectivity index (χ0v) is 11.9. The van der Waals surface area contributed by atoms with Crippen LogP contribution in [0, 0.1) is 6.92 Å². The van der Waals surface area contributed by atoms with Crippen LogP contribution in [0.5, 0.6) is 5.75 Å². The second-order valence-corrected chi connectivity index (χ2v) is 5.73. The van der Waals surface area contributed by atoms with E-state index in [0.717, 1.165) is 24.5 Å². The molecule has 1 unspecified atom stereocenters. The predicted molar refractivity (Wildman–Crippen MR) is 78.8 cm³/mol. The highest BCUT2D eigenvalue weighted by Crippen LogP contribution is 2.28. The van der Waals surface area contributed by atoms with E-state index in [1.807, 2.05) is 6.20 Å². The summed E-state index contributed by atoms with van der Waals surface area (Å²) in [5.41, 5.74) is 3.68. The Morgan fingerprint density at radius 3 is 3.11 bits per heavy atom. The van der Waals surface area contributed by atoms with E-state index in [4.69, 9.17) is 4.74 Å². The van der Waals surface area contributed by atoms with Gasteiger partial charge in [-0.15, -0.1) is 0 Å². The van der Waals surface area contributed by atoms with Crippen molar-refractivity contribution in [2.75, 3.05) is 13.2 Å². The van der Waals surface area contributed by atoms with Crippen LogP contribution in [0.3, 0.4) is 0 Å². The van der Waals surface area contributed by atoms with Gasteiger partial charge >= 0.3 is 0 Å². The minimum atomic E-state index is 0.492. The summed E-state index contributed by atoms with van der Waals surface area (Å²) in [7, 11) is 0. The van der Waals surface area contributed by atoms with E-state index >= 15 is 0 Å². The Kier molecular flexibility index (Phi) is 3.80. The summed E-state index contributed by atoms with van der Waals surface area (Å²) < 4.78 is 5.85. The standard InChI is InChI=1S/C15H18N2OS/c1-11-9-19-10-15(11)12-5-14(7-16-6-12)18-8-13-3-2-4-17-13/h5-7,9-10,13,17H,2-4,8H2,1H3. The Morgan fingerprint density at radius 1 is 1.42 bits per heavy atom. The molecule has 2 aromatic heterocycles. The molecule has 1 atom stereocenters. The normalized spacial score (nSPS) is 18.7. The predicted octanol–water partition coefficient (Wildman–Crippen LogP) is 3.25. The van der Waals surface area contributed by atoms with E-state index in [0.29, 0.717) is 6.04 Å². The number of aromatic nitrogens is 1. The van der Waals surface area contributed by atoms with Crippen molar-refractivity contribution in [1.82, 2.24) is 10.3 Å². The molecule has 1 aliphatic rings. The molecule has 0 aliphatic carbocycles. The molecule has 0 saturated carbocycles.